The second-order valence-corrected chi connectivity index (χ2v) is 3.50. The third-order valence-corrected chi connectivity index (χ3v) is 2.42. The molecule has 0 atom stereocenters. The zero-order valence-corrected chi connectivity index (χ0v) is 15.7. The molecule has 1 aliphatic heterocycles. The minimum Gasteiger partial charge on any atom is -0.358 e. The van der Waals surface area contributed by atoms with Gasteiger partial charge in [-0.3, -0.25) is 0 Å². The Morgan fingerprint density at radius 1 is 0.938 bits per heavy atom. The zero-order valence-electron chi connectivity index (χ0n) is 12.9. The van der Waals surface area contributed by atoms with Crippen molar-refractivity contribution in [1.29, 1.82) is 0 Å². The first-order valence-electron chi connectivity index (χ1n) is 6.05. The number of likely N-dealkylation sites (tertiary alicyclic amines) is 1. The Labute approximate surface area is 130 Å². The van der Waals surface area contributed by atoms with Crippen molar-refractivity contribution in [1.82, 2.24) is 9.80 Å². The van der Waals surface area contributed by atoms with E-state index in [0.717, 1.165) is 6.04 Å². The van der Waals surface area contributed by atoms with Crippen LogP contribution < -0.4 is 0 Å². The molecule has 0 unspecified atom stereocenters. The van der Waals surface area contributed by atoms with Crippen LogP contribution in [0, 0.1) is 7.43 Å². The standard InChI is InChI=1S/C8H18N2.2C2H6.CH3.Y/c1-9(2)8-4-6-10(3)7-5-8;2*1-2;;/h8H,4-7H2,1-3H3;2*1-2H3;1H3;/q;;;-1;. The third-order valence-electron chi connectivity index (χ3n) is 2.42. The van der Waals surface area contributed by atoms with Crippen molar-refractivity contribution in [3.63, 3.8) is 0 Å². The number of hydrogen-bond acceptors (Lipinski definition) is 2. The van der Waals surface area contributed by atoms with Crippen molar-refractivity contribution in [2.75, 3.05) is 34.2 Å². The van der Waals surface area contributed by atoms with Crippen LogP contribution in [0.1, 0.15) is 40.5 Å². The van der Waals surface area contributed by atoms with Crippen molar-refractivity contribution in [2.45, 2.75) is 46.6 Å². The van der Waals surface area contributed by atoms with E-state index < -0.39 is 0 Å². The van der Waals surface area contributed by atoms with E-state index in [2.05, 4.69) is 30.9 Å². The van der Waals surface area contributed by atoms with Gasteiger partial charge in [-0.25, -0.2) is 0 Å². The maximum Gasteiger partial charge on any atom is 0.0113 e. The molecule has 1 radical (unpaired) electrons. The average molecular weight is 306 g/mol. The summed E-state index contributed by atoms with van der Waals surface area (Å²) >= 11 is 0. The van der Waals surface area contributed by atoms with E-state index in [1.54, 1.807) is 0 Å². The van der Waals surface area contributed by atoms with Crippen LogP contribution >= 0.6 is 0 Å². The summed E-state index contributed by atoms with van der Waals surface area (Å²) in [4.78, 5) is 4.74. The van der Waals surface area contributed by atoms with Crippen LogP contribution in [-0.2, 0) is 32.7 Å². The summed E-state index contributed by atoms with van der Waals surface area (Å²) in [7, 11) is 6.55. The van der Waals surface area contributed by atoms with Crippen LogP contribution in [0.4, 0.5) is 0 Å². The van der Waals surface area contributed by atoms with Gasteiger partial charge in [0.15, 0.2) is 0 Å². The van der Waals surface area contributed by atoms with Crippen LogP contribution in [0.3, 0.4) is 0 Å². The van der Waals surface area contributed by atoms with Crippen LogP contribution in [0.25, 0.3) is 0 Å². The normalized spacial score (nSPS) is 15.8. The van der Waals surface area contributed by atoms with E-state index in [0.29, 0.717) is 0 Å². The second kappa shape index (κ2) is 18.4. The molecule has 1 rings (SSSR count). The van der Waals surface area contributed by atoms with Crippen LogP contribution in [0.5, 0.6) is 0 Å². The number of piperidine rings is 1. The van der Waals surface area contributed by atoms with E-state index >= 15 is 0 Å². The fourth-order valence-electron chi connectivity index (χ4n) is 1.51. The first-order valence-corrected chi connectivity index (χ1v) is 6.05. The van der Waals surface area contributed by atoms with E-state index in [9.17, 15) is 0 Å². The molecule has 3 heteroatoms. The number of nitrogens with zero attached hydrogens (tertiary/aromatic N) is 2. The Morgan fingerprint density at radius 3 is 1.50 bits per heavy atom. The van der Waals surface area contributed by atoms with Crippen molar-refractivity contribution in [3.8, 4) is 0 Å². The van der Waals surface area contributed by atoms with Crippen LogP contribution in [0.2, 0.25) is 0 Å². The molecule has 0 bridgehead atoms. The van der Waals surface area contributed by atoms with Gasteiger partial charge in [0.2, 0.25) is 0 Å². The van der Waals surface area contributed by atoms with Crippen molar-refractivity contribution < 1.29 is 32.7 Å². The Balaban J connectivity index is -0.000000109. The molecule has 16 heavy (non-hydrogen) atoms. The molecular weight excluding hydrogens is 273 g/mol. The first-order chi connectivity index (χ1) is 6.70. The molecule has 0 saturated carbocycles. The molecular formula is C13H33N2Y-. The fraction of sp³-hybridized carbons (Fsp3) is 0.923. The van der Waals surface area contributed by atoms with Gasteiger partial charge in [-0.05, 0) is 47.1 Å². The van der Waals surface area contributed by atoms with Gasteiger partial charge in [0.1, 0.15) is 0 Å². The van der Waals surface area contributed by atoms with Gasteiger partial charge in [0.05, 0.1) is 0 Å². The SMILES string of the molecule is CC.CC.CN1CCC(N(C)C)CC1.[CH3-].[Y]. The Bertz CT molecular complexity index is 100. The molecule has 0 spiro atoms. The van der Waals surface area contributed by atoms with E-state index in [1.807, 2.05) is 27.7 Å². The monoisotopic (exact) mass is 306 g/mol. The molecule has 0 aromatic carbocycles. The number of hydrogen-bond donors (Lipinski definition) is 0. The fourth-order valence-corrected chi connectivity index (χ4v) is 1.51. The second-order valence-electron chi connectivity index (χ2n) is 3.50. The third kappa shape index (κ3) is 13.1. The minimum absolute atomic E-state index is 0. The summed E-state index contributed by atoms with van der Waals surface area (Å²) in [5.74, 6) is 0. The van der Waals surface area contributed by atoms with Crippen molar-refractivity contribution in [2.24, 2.45) is 0 Å². The van der Waals surface area contributed by atoms with E-state index in [4.69, 9.17) is 0 Å². The molecule has 0 amide bonds. The molecule has 0 aromatic heterocycles. The van der Waals surface area contributed by atoms with Crippen molar-refractivity contribution >= 4 is 0 Å². The predicted molar refractivity (Wildman–Crippen MR) is 73.3 cm³/mol. The van der Waals surface area contributed by atoms with Crippen LogP contribution in [0.15, 0.2) is 0 Å². The van der Waals surface area contributed by atoms with Gasteiger partial charge in [-0.15, -0.1) is 0 Å². The maximum absolute atomic E-state index is 2.40. The van der Waals surface area contributed by atoms with Crippen molar-refractivity contribution in [3.05, 3.63) is 7.43 Å². The van der Waals surface area contributed by atoms with Gasteiger partial charge in [-0.2, -0.15) is 0 Å². The molecule has 0 aromatic rings. The summed E-state index contributed by atoms with van der Waals surface area (Å²) in [6.45, 7) is 10.5. The number of rotatable bonds is 1. The predicted octanol–water partition coefficient (Wildman–Crippen LogP) is 3.14. The minimum atomic E-state index is 0. The first kappa shape index (κ1) is 25.8. The van der Waals surface area contributed by atoms with Gasteiger partial charge in [0.25, 0.3) is 0 Å². The molecule has 1 aliphatic rings. The van der Waals surface area contributed by atoms with E-state index in [1.165, 1.54) is 25.9 Å². The van der Waals surface area contributed by atoms with Gasteiger partial charge in [-0.1, -0.05) is 27.7 Å². The molecule has 1 heterocycles. The smallest absolute Gasteiger partial charge is 0.0113 e. The van der Waals surface area contributed by atoms with Gasteiger partial charge < -0.3 is 17.2 Å². The summed E-state index contributed by atoms with van der Waals surface area (Å²) < 4.78 is 0. The van der Waals surface area contributed by atoms with Crippen LogP contribution in [-0.4, -0.2) is 50.1 Å². The molecule has 99 valence electrons. The van der Waals surface area contributed by atoms with E-state index in [-0.39, 0.29) is 40.1 Å². The quantitative estimate of drug-likeness (QED) is 0.687. The zero-order chi connectivity index (χ0) is 11.6. The molecule has 1 fully saturated rings. The molecule has 1 saturated heterocycles. The van der Waals surface area contributed by atoms with Gasteiger partial charge >= 0.3 is 0 Å². The summed E-state index contributed by atoms with van der Waals surface area (Å²) in [5, 5.41) is 0. The summed E-state index contributed by atoms with van der Waals surface area (Å²) in [5.41, 5.74) is 0. The maximum atomic E-state index is 2.40. The molecule has 0 aliphatic carbocycles. The Kier molecular flexibility index (Phi) is 29.6. The Hall–Kier alpha value is 1.02. The summed E-state index contributed by atoms with van der Waals surface area (Å²) in [6.07, 6.45) is 2.67. The molecule has 0 N–H and O–H groups in total. The average Bonchev–Trinajstić information content (AvgIpc) is 2.24. The largest absolute Gasteiger partial charge is 0.358 e. The summed E-state index contributed by atoms with van der Waals surface area (Å²) in [6, 6.07) is 0.830. The van der Waals surface area contributed by atoms with Gasteiger partial charge in [0, 0.05) is 38.8 Å². The topological polar surface area (TPSA) is 6.48 Å². The Morgan fingerprint density at radius 2 is 1.25 bits per heavy atom. The molecule has 2 nitrogen and oxygen atoms in total.